The van der Waals surface area contributed by atoms with Crippen LogP contribution in [0.25, 0.3) is 0 Å². The van der Waals surface area contributed by atoms with Crippen molar-refractivity contribution in [1.29, 1.82) is 0 Å². The van der Waals surface area contributed by atoms with Crippen LogP contribution in [0.1, 0.15) is 5.56 Å². The van der Waals surface area contributed by atoms with E-state index in [0.29, 0.717) is 16.5 Å². The topological polar surface area (TPSA) is 46.6 Å². The number of halogens is 1. The molecular formula is C20H18ClNO3S. The van der Waals surface area contributed by atoms with Gasteiger partial charge in [-0.1, -0.05) is 48.0 Å². The van der Waals surface area contributed by atoms with Crippen molar-refractivity contribution in [3.8, 4) is 5.75 Å². The Morgan fingerprint density at radius 3 is 2.23 bits per heavy atom. The third-order valence-electron chi connectivity index (χ3n) is 3.91. The quantitative estimate of drug-likeness (QED) is 0.613. The predicted octanol–water partition coefficient (Wildman–Crippen LogP) is 4.74. The average molecular weight is 388 g/mol. The third-order valence-corrected chi connectivity index (χ3v) is 5.94. The lowest BCUT2D eigenvalue weighted by Gasteiger charge is -2.25. The number of sulfonamides is 1. The molecule has 6 heteroatoms. The number of hydrogen-bond donors (Lipinski definition) is 0. The third kappa shape index (κ3) is 4.00. The van der Waals surface area contributed by atoms with Crippen molar-refractivity contribution in [3.05, 3.63) is 89.4 Å². The Bertz CT molecular complexity index is 973. The van der Waals surface area contributed by atoms with Gasteiger partial charge in [-0.25, -0.2) is 8.42 Å². The van der Waals surface area contributed by atoms with E-state index in [0.717, 1.165) is 5.56 Å². The monoisotopic (exact) mass is 387 g/mol. The molecule has 3 aromatic rings. The highest BCUT2D eigenvalue weighted by molar-refractivity contribution is 7.92. The van der Waals surface area contributed by atoms with Crippen LogP contribution in [0, 0.1) is 0 Å². The van der Waals surface area contributed by atoms with E-state index in [1.165, 1.54) is 23.5 Å². The molecule has 0 spiro atoms. The SMILES string of the molecule is COc1ccc(S(=O)(=O)N(Cc2ccccc2)c2cccc(Cl)c2)cc1. The first kappa shape index (κ1) is 18.3. The molecule has 0 heterocycles. The largest absolute Gasteiger partial charge is 0.497 e. The number of ether oxygens (including phenoxy) is 1. The number of anilines is 1. The van der Waals surface area contributed by atoms with Crippen molar-refractivity contribution < 1.29 is 13.2 Å². The molecule has 0 aromatic heterocycles. The summed E-state index contributed by atoms with van der Waals surface area (Å²) < 4.78 is 33.0. The molecule has 0 aliphatic heterocycles. The van der Waals surface area contributed by atoms with Crippen LogP contribution >= 0.6 is 11.6 Å². The molecule has 4 nitrogen and oxygen atoms in total. The van der Waals surface area contributed by atoms with E-state index in [9.17, 15) is 8.42 Å². The van der Waals surface area contributed by atoms with E-state index >= 15 is 0 Å². The van der Waals surface area contributed by atoms with Crippen molar-refractivity contribution in [2.75, 3.05) is 11.4 Å². The van der Waals surface area contributed by atoms with Gasteiger partial charge < -0.3 is 4.74 Å². The molecule has 0 aliphatic carbocycles. The minimum absolute atomic E-state index is 0.189. The van der Waals surface area contributed by atoms with Crippen LogP contribution in [0.5, 0.6) is 5.75 Å². The molecule has 0 atom stereocenters. The molecule has 0 aliphatic rings. The molecule has 0 N–H and O–H groups in total. The molecular weight excluding hydrogens is 370 g/mol. The highest BCUT2D eigenvalue weighted by Crippen LogP contribution is 2.28. The van der Waals surface area contributed by atoms with Crippen LogP contribution in [0.15, 0.2) is 83.8 Å². The summed E-state index contributed by atoms with van der Waals surface area (Å²) in [7, 11) is -2.24. The second-order valence-electron chi connectivity index (χ2n) is 5.65. The van der Waals surface area contributed by atoms with Gasteiger partial charge in [-0.3, -0.25) is 4.31 Å². The molecule has 3 rings (SSSR count). The molecule has 3 aromatic carbocycles. The number of nitrogens with zero attached hydrogens (tertiary/aromatic N) is 1. The van der Waals surface area contributed by atoms with Gasteiger partial charge in [0.2, 0.25) is 0 Å². The molecule has 0 saturated carbocycles. The maximum atomic E-state index is 13.3. The molecule has 0 fully saturated rings. The van der Waals surface area contributed by atoms with Gasteiger partial charge in [-0.05, 0) is 48.0 Å². The fourth-order valence-corrected chi connectivity index (χ4v) is 4.20. The summed E-state index contributed by atoms with van der Waals surface area (Å²) in [5.74, 6) is 0.598. The van der Waals surface area contributed by atoms with E-state index in [1.807, 2.05) is 30.3 Å². The van der Waals surface area contributed by atoms with Crippen molar-refractivity contribution in [2.24, 2.45) is 0 Å². The summed E-state index contributed by atoms with van der Waals surface area (Å²) in [6.45, 7) is 0.204. The lowest BCUT2D eigenvalue weighted by Crippen LogP contribution is -2.30. The molecule has 134 valence electrons. The minimum atomic E-state index is -3.77. The van der Waals surface area contributed by atoms with Gasteiger partial charge in [0, 0.05) is 5.02 Å². The van der Waals surface area contributed by atoms with E-state index in [-0.39, 0.29) is 11.4 Å². The fraction of sp³-hybridized carbons (Fsp3) is 0.100. The van der Waals surface area contributed by atoms with Crippen LogP contribution in [0.3, 0.4) is 0 Å². The van der Waals surface area contributed by atoms with Crippen molar-refractivity contribution in [3.63, 3.8) is 0 Å². The normalized spacial score (nSPS) is 11.2. The summed E-state index contributed by atoms with van der Waals surface area (Å²) in [6, 6.07) is 22.6. The zero-order valence-corrected chi connectivity index (χ0v) is 15.7. The number of hydrogen-bond acceptors (Lipinski definition) is 3. The van der Waals surface area contributed by atoms with Gasteiger partial charge in [0.1, 0.15) is 5.75 Å². The minimum Gasteiger partial charge on any atom is -0.497 e. The smallest absolute Gasteiger partial charge is 0.264 e. The molecule has 0 bridgehead atoms. The number of rotatable bonds is 6. The molecule has 26 heavy (non-hydrogen) atoms. The zero-order valence-electron chi connectivity index (χ0n) is 14.2. The summed E-state index contributed by atoms with van der Waals surface area (Å²) in [5, 5.41) is 0.477. The Kier molecular flexibility index (Phi) is 5.49. The van der Waals surface area contributed by atoms with Crippen molar-refractivity contribution in [1.82, 2.24) is 0 Å². The Labute approximate surface area is 158 Å². The van der Waals surface area contributed by atoms with Gasteiger partial charge >= 0.3 is 0 Å². The number of methoxy groups -OCH3 is 1. The first-order chi connectivity index (χ1) is 12.5. The molecule has 0 amide bonds. The van der Waals surface area contributed by atoms with Crippen LogP contribution in [0.2, 0.25) is 5.02 Å². The summed E-state index contributed by atoms with van der Waals surface area (Å²) >= 11 is 6.09. The first-order valence-electron chi connectivity index (χ1n) is 7.97. The maximum absolute atomic E-state index is 13.3. The molecule has 0 unspecified atom stereocenters. The van der Waals surface area contributed by atoms with Crippen molar-refractivity contribution >= 4 is 27.3 Å². The second-order valence-corrected chi connectivity index (χ2v) is 7.95. The second kappa shape index (κ2) is 7.81. The van der Waals surface area contributed by atoms with Gasteiger partial charge in [-0.15, -0.1) is 0 Å². The number of benzene rings is 3. The van der Waals surface area contributed by atoms with Crippen molar-refractivity contribution in [2.45, 2.75) is 11.4 Å². The van der Waals surface area contributed by atoms with Gasteiger partial charge in [0.25, 0.3) is 10.0 Å². The maximum Gasteiger partial charge on any atom is 0.264 e. The lowest BCUT2D eigenvalue weighted by atomic mass is 10.2. The van der Waals surface area contributed by atoms with Gasteiger partial charge in [-0.2, -0.15) is 0 Å². The predicted molar refractivity (Wildman–Crippen MR) is 104 cm³/mol. The summed E-state index contributed by atoms with van der Waals surface area (Å²) in [4.78, 5) is 0.189. The highest BCUT2D eigenvalue weighted by atomic mass is 35.5. The van der Waals surface area contributed by atoms with Gasteiger partial charge in [0.15, 0.2) is 0 Å². The Morgan fingerprint density at radius 1 is 0.923 bits per heavy atom. The Balaban J connectivity index is 2.06. The fourth-order valence-electron chi connectivity index (χ4n) is 2.57. The zero-order chi connectivity index (χ0) is 18.6. The van der Waals surface area contributed by atoms with E-state index < -0.39 is 10.0 Å². The first-order valence-corrected chi connectivity index (χ1v) is 9.79. The highest BCUT2D eigenvalue weighted by Gasteiger charge is 2.25. The van der Waals surface area contributed by atoms with E-state index in [1.54, 1.807) is 36.4 Å². The van der Waals surface area contributed by atoms with Crippen LogP contribution < -0.4 is 9.04 Å². The standard InChI is InChI=1S/C20H18ClNO3S/c1-25-19-10-12-20(13-11-19)26(23,24)22(15-16-6-3-2-4-7-16)18-9-5-8-17(21)14-18/h2-14H,15H2,1H3. The Hall–Kier alpha value is -2.50. The molecule has 0 radical (unpaired) electrons. The van der Waals surface area contributed by atoms with E-state index in [2.05, 4.69) is 0 Å². The summed E-state index contributed by atoms with van der Waals surface area (Å²) in [6.07, 6.45) is 0. The van der Waals surface area contributed by atoms with Gasteiger partial charge in [0.05, 0.1) is 24.2 Å². The lowest BCUT2D eigenvalue weighted by molar-refractivity contribution is 0.414. The van der Waals surface area contributed by atoms with E-state index in [4.69, 9.17) is 16.3 Å². The molecule has 0 saturated heterocycles. The van der Waals surface area contributed by atoms with Crippen LogP contribution in [-0.2, 0) is 16.6 Å². The average Bonchev–Trinajstić information content (AvgIpc) is 2.67. The Morgan fingerprint density at radius 2 is 1.62 bits per heavy atom. The van der Waals surface area contributed by atoms with Crippen LogP contribution in [-0.4, -0.2) is 15.5 Å². The van der Waals surface area contributed by atoms with Crippen LogP contribution in [0.4, 0.5) is 5.69 Å². The summed E-state index contributed by atoms with van der Waals surface area (Å²) in [5.41, 5.74) is 1.39.